The Morgan fingerprint density at radius 2 is 1.70 bits per heavy atom. The van der Waals surface area contributed by atoms with E-state index in [0.717, 1.165) is 70.3 Å². The van der Waals surface area contributed by atoms with Gasteiger partial charge >= 0.3 is 0 Å². The van der Waals surface area contributed by atoms with Crippen LogP contribution in [-0.2, 0) is 11.3 Å². The average molecular weight is 369 g/mol. The predicted octanol–water partition coefficient (Wildman–Crippen LogP) is 3.08. The van der Waals surface area contributed by atoms with E-state index in [1.807, 2.05) is 18.2 Å². The van der Waals surface area contributed by atoms with E-state index in [9.17, 15) is 4.39 Å². The van der Waals surface area contributed by atoms with Crippen molar-refractivity contribution in [2.24, 2.45) is 0 Å². The Morgan fingerprint density at radius 1 is 0.926 bits per heavy atom. The number of rotatable bonds is 4. The topological polar surface area (TPSA) is 19.0 Å². The molecule has 0 spiro atoms. The average Bonchev–Trinajstić information content (AvgIpc) is 2.69. The van der Waals surface area contributed by atoms with Crippen molar-refractivity contribution < 1.29 is 9.13 Å². The minimum Gasteiger partial charge on any atom is -0.379 e. The van der Waals surface area contributed by atoms with Crippen molar-refractivity contribution in [3.63, 3.8) is 0 Å². The summed E-state index contributed by atoms with van der Waals surface area (Å²) in [4.78, 5) is 6.96. The van der Waals surface area contributed by atoms with Crippen LogP contribution in [0.15, 0.2) is 42.5 Å². The van der Waals surface area contributed by atoms with Crippen LogP contribution < -0.4 is 4.90 Å². The highest BCUT2D eigenvalue weighted by Gasteiger charge is 2.16. The molecule has 2 aromatic rings. The monoisotopic (exact) mass is 369 g/mol. The molecule has 4 rings (SSSR count). The molecule has 2 fully saturated rings. The van der Waals surface area contributed by atoms with Crippen LogP contribution in [0.3, 0.4) is 0 Å². The zero-order valence-corrected chi connectivity index (χ0v) is 16.0. The van der Waals surface area contributed by atoms with E-state index in [4.69, 9.17) is 4.74 Å². The number of hydrogen-bond donors (Lipinski definition) is 0. The summed E-state index contributed by atoms with van der Waals surface area (Å²) in [6.45, 7) is 8.33. The Hall–Kier alpha value is -1.95. The molecule has 0 amide bonds. The molecule has 2 saturated heterocycles. The summed E-state index contributed by atoms with van der Waals surface area (Å²) in [7, 11) is 2.13. The van der Waals surface area contributed by atoms with Gasteiger partial charge in [0.2, 0.25) is 0 Å². The number of ether oxygens (including phenoxy) is 1. The number of nitrogens with zero attached hydrogens (tertiary/aromatic N) is 3. The molecule has 0 aromatic heterocycles. The van der Waals surface area contributed by atoms with E-state index in [2.05, 4.69) is 39.9 Å². The molecular formula is C22H28FN3O. The minimum absolute atomic E-state index is 0.144. The molecule has 0 aliphatic carbocycles. The van der Waals surface area contributed by atoms with Crippen LogP contribution in [0.5, 0.6) is 0 Å². The Bertz CT molecular complexity index is 768. The van der Waals surface area contributed by atoms with E-state index >= 15 is 0 Å². The van der Waals surface area contributed by atoms with Crippen LogP contribution in [0.25, 0.3) is 11.1 Å². The molecule has 0 radical (unpaired) electrons. The van der Waals surface area contributed by atoms with E-state index < -0.39 is 0 Å². The normalized spacial score (nSPS) is 19.4. The first-order chi connectivity index (χ1) is 13.2. The third kappa shape index (κ3) is 4.49. The van der Waals surface area contributed by atoms with Gasteiger partial charge in [-0.15, -0.1) is 0 Å². The Labute approximate surface area is 161 Å². The first-order valence-electron chi connectivity index (χ1n) is 9.81. The van der Waals surface area contributed by atoms with Gasteiger partial charge in [-0.25, -0.2) is 4.39 Å². The lowest BCUT2D eigenvalue weighted by molar-refractivity contribution is 0.0342. The number of anilines is 1. The van der Waals surface area contributed by atoms with E-state index in [0.29, 0.717) is 5.56 Å². The lowest BCUT2D eigenvalue weighted by Gasteiger charge is -2.34. The first kappa shape index (κ1) is 18.4. The Balaban J connectivity index is 1.50. The first-order valence-corrected chi connectivity index (χ1v) is 9.81. The molecule has 5 heteroatoms. The third-order valence-corrected chi connectivity index (χ3v) is 5.57. The van der Waals surface area contributed by atoms with Crippen LogP contribution in [-0.4, -0.2) is 69.3 Å². The molecule has 144 valence electrons. The highest BCUT2D eigenvalue weighted by atomic mass is 19.1. The van der Waals surface area contributed by atoms with Crippen LogP contribution in [0, 0.1) is 5.82 Å². The van der Waals surface area contributed by atoms with Crippen LogP contribution in [0.4, 0.5) is 10.1 Å². The summed E-state index contributed by atoms with van der Waals surface area (Å²) < 4.78 is 20.3. The maximum atomic E-state index is 14.9. The molecule has 2 aliphatic heterocycles. The molecule has 2 aromatic carbocycles. The number of likely N-dealkylation sites (N-methyl/N-ethyl adjacent to an activating group) is 1. The van der Waals surface area contributed by atoms with Gasteiger partial charge in [0.1, 0.15) is 5.82 Å². The third-order valence-electron chi connectivity index (χ3n) is 5.57. The molecule has 0 N–H and O–H groups in total. The van der Waals surface area contributed by atoms with Gasteiger partial charge < -0.3 is 14.5 Å². The van der Waals surface area contributed by atoms with Crippen LogP contribution in [0.1, 0.15) is 5.56 Å². The summed E-state index contributed by atoms with van der Waals surface area (Å²) >= 11 is 0. The van der Waals surface area contributed by atoms with Crippen molar-refractivity contribution in [1.29, 1.82) is 0 Å². The summed E-state index contributed by atoms with van der Waals surface area (Å²) in [5.41, 5.74) is 3.82. The van der Waals surface area contributed by atoms with Gasteiger partial charge in [0, 0.05) is 57.1 Å². The lowest BCUT2D eigenvalue weighted by atomic mass is 10.0. The van der Waals surface area contributed by atoms with Gasteiger partial charge in [-0.1, -0.05) is 18.2 Å². The molecule has 27 heavy (non-hydrogen) atoms. The smallest absolute Gasteiger partial charge is 0.133 e. The molecular weight excluding hydrogens is 341 g/mol. The summed E-state index contributed by atoms with van der Waals surface area (Å²) in [5.74, 6) is -0.144. The van der Waals surface area contributed by atoms with Crippen molar-refractivity contribution >= 4 is 5.69 Å². The lowest BCUT2D eigenvalue weighted by Crippen LogP contribution is -2.44. The summed E-state index contributed by atoms with van der Waals surface area (Å²) in [5, 5.41) is 0. The Morgan fingerprint density at radius 3 is 2.44 bits per heavy atom. The Kier molecular flexibility index (Phi) is 5.72. The van der Waals surface area contributed by atoms with Gasteiger partial charge in [0.15, 0.2) is 0 Å². The van der Waals surface area contributed by atoms with Crippen molar-refractivity contribution in [3.8, 4) is 11.1 Å². The highest BCUT2D eigenvalue weighted by molar-refractivity contribution is 5.68. The number of hydrogen-bond acceptors (Lipinski definition) is 4. The fourth-order valence-electron chi connectivity index (χ4n) is 3.85. The highest BCUT2D eigenvalue weighted by Crippen LogP contribution is 2.28. The van der Waals surface area contributed by atoms with E-state index in [-0.39, 0.29) is 5.82 Å². The van der Waals surface area contributed by atoms with Crippen molar-refractivity contribution in [3.05, 3.63) is 53.8 Å². The second-order valence-electron chi connectivity index (χ2n) is 7.54. The number of halogens is 1. The molecule has 2 aliphatic rings. The molecule has 4 nitrogen and oxygen atoms in total. The van der Waals surface area contributed by atoms with Crippen LogP contribution >= 0.6 is 0 Å². The predicted molar refractivity (Wildman–Crippen MR) is 108 cm³/mol. The molecule has 0 saturated carbocycles. The minimum atomic E-state index is -0.144. The fourth-order valence-corrected chi connectivity index (χ4v) is 3.85. The van der Waals surface area contributed by atoms with Gasteiger partial charge in [0.05, 0.1) is 13.2 Å². The quantitative estimate of drug-likeness (QED) is 0.824. The number of morpholine rings is 1. The SMILES string of the molecule is CN1CCN(c2ccc(-c3cccc(CN4CCOCC4)c3)c(F)c2)CC1. The van der Waals surface area contributed by atoms with Gasteiger partial charge in [0.25, 0.3) is 0 Å². The van der Waals surface area contributed by atoms with Gasteiger partial charge in [-0.3, -0.25) is 4.90 Å². The molecule has 0 bridgehead atoms. The fraction of sp³-hybridized carbons (Fsp3) is 0.455. The largest absolute Gasteiger partial charge is 0.379 e. The van der Waals surface area contributed by atoms with Crippen molar-refractivity contribution in [2.45, 2.75) is 6.54 Å². The zero-order valence-electron chi connectivity index (χ0n) is 16.0. The van der Waals surface area contributed by atoms with Gasteiger partial charge in [-0.2, -0.15) is 0 Å². The maximum Gasteiger partial charge on any atom is 0.133 e. The molecule has 2 heterocycles. The summed E-state index contributed by atoms with van der Waals surface area (Å²) in [6.07, 6.45) is 0. The maximum absolute atomic E-state index is 14.9. The van der Waals surface area contributed by atoms with Crippen molar-refractivity contribution in [2.75, 3.05) is 64.4 Å². The second-order valence-corrected chi connectivity index (χ2v) is 7.54. The number of benzene rings is 2. The zero-order chi connectivity index (χ0) is 18.6. The van der Waals surface area contributed by atoms with E-state index in [1.54, 1.807) is 6.07 Å². The van der Waals surface area contributed by atoms with Crippen LogP contribution in [0.2, 0.25) is 0 Å². The molecule has 0 unspecified atom stereocenters. The standard InChI is InChI=1S/C22H28FN3O/c1-24-7-9-26(10-8-24)20-5-6-21(22(23)16-20)19-4-2-3-18(15-19)17-25-11-13-27-14-12-25/h2-6,15-16H,7-14,17H2,1H3. The second kappa shape index (κ2) is 8.38. The van der Waals surface area contributed by atoms with Gasteiger partial charge in [-0.05, 0) is 42.4 Å². The van der Waals surface area contributed by atoms with E-state index in [1.165, 1.54) is 5.56 Å². The summed E-state index contributed by atoms with van der Waals surface area (Å²) in [6, 6.07) is 13.9. The number of piperazine rings is 1. The van der Waals surface area contributed by atoms with Crippen molar-refractivity contribution in [1.82, 2.24) is 9.80 Å². The molecule has 0 atom stereocenters.